The Bertz CT molecular complexity index is 1260. The molecule has 0 saturated heterocycles. The monoisotopic (exact) mass is 518 g/mol. The van der Waals surface area contributed by atoms with Crippen molar-refractivity contribution >= 4 is 33.2 Å². The van der Waals surface area contributed by atoms with E-state index in [0.29, 0.717) is 11.4 Å². The number of aryl methyl sites for hydroxylation is 1. The number of hydrogen-bond donors (Lipinski definition) is 1. The van der Waals surface area contributed by atoms with Crippen LogP contribution in [0, 0.1) is 6.92 Å². The van der Waals surface area contributed by atoms with Crippen LogP contribution < -0.4 is 14.2 Å². The molecule has 0 saturated carbocycles. The minimum atomic E-state index is -3.54. The zero-order valence-corrected chi connectivity index (χ0v) is 22.3. The average molecular weight is 519 g/mol. The molecule has 0 amide bonds. The highest BCUT2D eigenvalue weighted by molar-refractivity contribution is 7.89. The van der Waals surface area contributed by atoms with Crippen LogP contribution >= 0.6 is 12.4 Å². The summed E-state index contributed by atoms with van der Waals surface area (Å²) < 4.78 is 39.5. The van der Waals surface area contributed by atoms with Gasteiger partial charge in [-0.3, -0.25) is 4.90 Å². The highest BCUT2D eigenvalue weighted by atomic mass is 35.5. The van der Waals surface area contributed by atoms with Crippen LogP contribution in [0.3, 0.4) is 0 Å². The number of sulfonamides is 1. The maximum atomic E-state index is 12.9. The lowest BCUT2D eigenvalue weighted by molar-refractivity contribution is 0.247. The van der Waals surface area contributed by atoms with E-state index in [4.69, 9.17) is 9.47 Å². The van der Waals surface area contributed by atoms with Gasteiger partial charge in [0.05, 0.1) is 19.1 Å². The molecule has 3 aromatic rings. The fourth-order valence-electron chi connectivity index (χ4n) is 4.71. The predicted octanol–water partition coefficient (Wildman–Crippen LogP) is 5.09. The van der Waals surface area contributed by atoms with E-state index in [1.165, 1.54) is 11.1 Å². The van der Waals surface area contributed by atoms with Crippen molar-refractivity contribution in [1.82, 2.24) is 9.62 Å². The first kappa shape index (κ1) is 27.3. The molecule has 0 bridgehead atoms. The van der Waals surface area contributed by atoms with Crippen molar-refractivity contribution in [2.24, 2.45) is 0 Å². The highest BCUT2D eigenvalue weighted by Gasteiger charge is 2.20. The molecule has 4 rings (SSSR count). The van der Waals surface area contributed by atoms with Crippen molar-refractivity contribution < 1.29 is 17.9 Å². The maximum Gasteiger partial charge on any atom is 0.241 e. The van der Waals surface area contributed by atoms with E-state index in [9.17, 15) is 8.42 Å². The fourth-order valence-corrected chi connectivity index (χ4v) is 5.99. The quantitative estimate of drug-likeness (QED) is 0.378. The standard InChI is InChI=1S/C27H34N2O4S.ClH/c1-20-11-12-27(24-10-6-5-9-23(20)24)34(30,31)28-14-7-4-8-15-29-16-13-21-17-25(32-2)26(33-3)18-22(21)19-29;/h5-6,9-12,17-18,28H,4,7-8,13-16,19H2,1-3H3;1H. The van der Waals surface area contributed by atoms with Gasteiger partial charge in [0.25, 0.3) is 0 Å². The van der Waals surface area contributed by atoms with Crippen LogP contribution in [0.5, 0.6) is 11.5 Å². The lowest BCUT2D eigenvalue weighted by Crippen LogP contribution is -2.31. The normalized spacial score (nSPS) is 13.8. The van der Waals surface area contributed by atoms with E-state index in [0.717, 1.165) is 73.2 Å². The van der Waals surface area contributed by atoms with Gasteiger partial charge in [-0.2, -0.15) is 0 Å². The molecular formula is C27H35ClN2O4S. The molecule has 0 unspecified atom stereocenters. The molecule has 8 heteroatoms. The number of nitrogens with one attached hydrogen (secondary N) is 1. The third kappa shape index (κ3) is 6.28. The molecule has 1 aliphatic heterocycles. The Balaban J connectivity index is 0.00000342. The van der Waals surface area contributed by atoms with E-state index in [1.54, 1.807) is 20.3 Å². The fraction of sp³-hybridized carbons (Fsp3) is 0.407. The Kier molecular flexibility index (Phi) is 9.41. The second-order valence-corrected chi connectivity index (χ2v) is 10.6. The molecule has 6 nitrogen and oxygen atoms in total. The minimum absolute atomic E-state index is 0. The molecule has 1 N–H and O–H groups in total. The summed E-state index contributed by atoms with van der Waals surface area (Å²) >= 11 is 0. The van der Waals surface area contributed by atoms with E-state index in [2.05, 4.69) is 21.8 Å². The number of methoxy groups -OCH3 is 2. The number of rotatable bonds is 10. The first-order valence-corrected chi connectivity index (χ1v) is 13.4. The van der Waals surface area contributed by atoms with Gasteiger partial charge in [0.15, 0.2) is 11.5 Å². The third-order valence-electron chi connectivity index (χ3n) is 6.63. The van der Waals surface area contributed by atoms with E-state index >= 15 is 0 Å². The van der Waals surface area contributed by atoms with Crippen LogP contribution in [-0.2, 0) is 23.0 Å². The van der Waals surface area contributed by atoms with Gasteiger partial charge in [-0.15, -0.1) is 12.4 Å². The molecular weight excluding hydrogens is 484 g/mol. The summed E-state index contributed by atoms with van der Waals surface area (Å²) in [4.78, 5) is 2.81. The molecule has 0 radical (unpaired) electrons. The second-order valence-electron chi connectivity index (χ2n) is 8.89. The topological polar surface area (TPSA) is 67.9 Å². The predicted molar refractivity (Wildman–Crippen MR) is 143 cm³/mol. The van der Waals surface area contributed by atoms with Crippen molar-refractivity contribution in [3.8, 4) is 11.5 Å². The van der Waals surface area contributed by atoms with Gasteiger partial charge < -0.3 is 9.47 Å². The van der Waals surface area contributed by atoms with Crippen molar-refractivity contribution in [1.29, 1.82) is 0 Å². The Labute approximate surface area is 215 Å². The van der Waals surface area contributed by atoms with Crippen LogP contribution in [-0.4, -0.2) is 47.2 Å². The Morgan fingerprint density at radius 3 is 2.31 bits per heavy atom. The summed E-state index contributed by atoms with van der Waals surface area (Å²) in [6, 6.07) is 15.4. The van der Waals surface area contributed by atoms with Gasteiger partial charge in [0.1, 0.15) is 0 Å². The van der Waals surface area contributed by atoms with Crippen LogP contribution in [0.1, 0.15) is 36.0 Å². The summed E-state index contributed by atoms with van der Waals surface area (Å²) in [5.41, 5.74) is 3.70. The van der Waals surface area contributed by atoms with Gasteiger partial charge in [-0.25, -0.2) is 13.1 Å². The van der Waals surface area contributed by atoms with E-state index < -0.39 is 10.0 Å². The largest absolute Gasteiger partial charge is 0.493 e. The summed E-state index contributed by atoms with van der Waals surface area (Å²) in [5.74, 6) is 1.56. The number of benzene rings is 3. The molecule has 35 heavy (non-hydrogen) atoms. The highest BCUT2D eigenvalue weighted by Crippen LogP contribution is 2.33. The van der Waals surface area contributed by atoms with Gasteiger partial charge in [-0.05, 0) is 73.0 Å². The van der Waals surface area contributed by atoms with Crippen molar-refractivity contribution in [2.75, 3.05) is 33.9 Å². The summed E-state index contributed by atoms with van der Waals surface area (Å²) in [5, 5.41) is 1.75. The van der Waals surface area contributed by atoms with Gasteiger partial charge in [-0.1, -0.05) is 36.8 Å². The number of fused-ring (bicyclic) bond motifs is 2. The summed E-state index contributed by atoms with van der Waals surface area (Å²) in [6.07, 6.45) is 3.84. The lowest BCUT2D eigenvalue weighted by Gasteiger charge is -2.29. The summed E-state index contributed by atoms with van der Waals surface area (Å²) in [6.45, 7) is 5.38. The van der Waals surface area contributed by atoms with Gasteiger partial charge in [0.2, 0.25) is 10.0 Å². The molecule has 0 aliphatic carbocycles. The van der Waals surface area contributed by atoms with Crippen LogP contribution in [0.25, 0.3) is 10.8 Å². The number of nitrogens with zero attached hydrogens (tertiary/aromatic N) is 1. The van der Waals surface area contributed by atoms with Crippen molar-refractivity contribution in [3.63, 3.8) is 0 Å². The lowest BCUT2D eigenvalue weighted by atomic mass is 9.98. The van der Waals surface area contributed by atoms with Gasteiger partial charge in [0, 0.05) is 25.0 Å². The number of halogens is 1. The molecule has 190 valence electrons. The van der Waals surface area contributed by atoms with E-state index in [-0.39, 0.29) is 12.4 Å². The first-order valence-electron chi connectivity index (χ1n) is 11.9. The van der Waals surface area contributed by atoms with Gasteiger partial charge >= 0.3 is 0 Å². The Morgan fingerprint density at radius 1 is 0.914 bits per heavy atom. The Morgan fingerprint density at radius 2 is 1.60 bits per heavy atom. The zero-order valence-electron chi connectivity index (χ0n) is 20.7. The molecule has 0 aromatic heterocycles. The molecule has 1 aliphatic rings. The van der Waals surface area contributed by atoms with Crippen LogP contribution in [0.2, 0.25) is 0 Å². The van der Waals surface area contributed by atoms with Crippen LogP contribution in [0.4, 0.5) is 0 Å². The first-order chi connectivity index (χ1) is 16.4. The molecule has 3 aromatic carbocycles. The molecule has 0 fully saturated rings. The van der Waals surface area contributed by atoms with Crippen molar-refractivity contribution in [2.45, 2.75) is 44.0 Å². The molecule has 0 spiro atoms. The Hall–Kier alpha value is -2.32. The minimum Gasteiger partial charge on any atom is -0.493 e. The average Bonchev–Trinajstić information content (AvgIpc) is 2.85. The number of hydrogen-bond acceptors (Lipinski definition) is 5. The third-order valence-corrected chi connectivity index (χ3v) is 8.15. The zero-order chi connectivity index (χ0) is 24.1. The smallest absolute Gasteiger partial charge is 0.241 e. The maximum absolute atomic E-state index is 12.9. The molecule has 1 heterocycles. The SMILES string of the molecule is COc1cc2c(cc1OC)CN(CCCCCNS(=O)(=O)c1ccc(C)c3ccccc13)CC2.Cl. The van der Waals surface area contributed by atoms with Crippen LogP contribution in [0.15, 0.2) is 53.4 Å². The second kappa shape index (κ2) is 12.1. The number of unbranched alkanes of at least 4 members (excludes halogenated alkanes) is 2. The summed E-state index contributed by atoms with van der Waals surface area (Å²) in [7, 11) is -0.204. The van der Waals surface area contributed by atoms with E-state index in [1.807, 2.05) is 37.3 Å². The number of ether oxygens (including phenoxy) is 2. The molecule has 0 atom stereocenters. The van der Waals surface area contributed by atoms with Crippen molar-refractivity contribution in [3.05, 3.63) is 65.2 Å².